The molecule has 6 heteroatoms. The molecule has 2 atom stereocenters. The molecule has 0 aliphatic carbocycles. The van der Waals surface area contributed by atoms with Gasteiger partial charge in [-0.3, -0.25) is 9.78 Å². The molecule has 1 N–H and O–H groups in total. The van der Waals surface area contributed by atoms with Crippen LogP contribution in [0.3, 0.4) is 0 Å². The topological polar surface area (TPSA) is 63.1 Å². The molecule has 0 bridgehead atoms. The minimum atomic E-state index is -0.0178. The zero-order chi connectivity index (χ0) is 20.2. The third-order valence-corrected chi connectivity index (χ3v) is 5.90. The second-order valence-electron chi connectivity index (χ2n) is 7.89. The van der Waals surface area contributed by atoms with Crippen LogP contribution in [0.4, 0.5) is 5.95 Å². The number of fused-ring (bicyclic) bond motifs is 1. The summed E-state index contributed by atoms with van der Waals surface area (Å²) in [5.41, 5.74) is 3.26. The highest BCUT2D eigenvalue weighted by Crippen LogP contribution is 2.31. The Morgan fingerprint density at radius 2 is 2.03 bits per heavy atom. The Morgan fingerprint density at radius 3 is 2.83 bits per heavy atom. The average molecular weight is 392 g/mol. The summed E-state index contributed by atoms with van der Waals surface area (Å²) in [7, 11) is 0. The van der Waals surface area contributed by atoms with Crippen molar-refractivity contribution in [1.82, 2.24) is 19.9 Å². The number of pyridine rings is 1. The Balaban J connectivity index is 1.52. The molecular formula is C23H29N5O. The highest BCUT2D eigenvalue weighted by atomic mass is 16.1. The van der Waals surface area contributed by atoms with Crippen LogP contribution in [-0.2, 0) is 11.3 Å². The summed E-state index contributed by atoms with van der Waals surface area (Å²) >= 11 is 0. The van der Waals surface area contributed by atoms with Crippen molar-refractivity contribution in [3.63, 3.8) is 0 Å². The second-order valence-corrected chi connectivity index (χ2v) is 7.89. The molecule has 1 aliphatic rings. The van der Waals surface area contributed by atoms with E-state index in [1.54, 1.807) is 12.4 Å². The molecule has 0 spiro atoms. The summed E-state index contributed by atoms with van der Waals surface area (Å²) in [5, 5.41) is 3.10. The number of anilines is 1. The molecule has 2 unspecified atom stereocenters. The van der Waals surface area contributed by atoms with Gasteiger partial charge in [0.1, 0.15) is 0 Å². The van der Waals surface area contributed by atoms with Crippen LogP contribution in [0, 0.1) is 5.92 Å². The summed E-state index contributed by atoms with van der Waals surface area (Å²) in [5.74, 6) is 1.10. The van der Waals surface area contributed by atoms with Gasteiger partial charge in [-0.1, -0.05) is 19.1 Å². The SMILES string of the molecule is CCC(C)n1c(N2CCCC(C(=O)NCc3ccncc3)C2)nc2ccccc21. The molecule has 4 rings (SSSR count). The van der Waals surface area contributed by atoms with E-state index in [1.807, 2.05) is 18.2 Å². The fourth-order valence-corrected chi connectivity index (χ4v) is 4.08. The number of hydrogen-bond acceptors (Lipinski definition) is 4. The van der Waals surface area contributed by atoms with Gasteiger partial charge < -0.3 is 14.8 Å². The zero-order valence-corrected chi connectivity index (χ0v) is 17.2. The van der Waals surface area contributed by atoms with Crippen molar-refractivity contribution in [2.45, 2.75) is 45.7 Å². The number of nitrogens with one attached hydrogen (secondary N) is 1. The highest BCUT2D eigenvalue weighted by Gasteiger charge is 2.29. The maximum atomic E-state index is 12.8. The third-order valence-electron chi connectivity index (χ3n) is 5.90. The molecule has 0 radical (unpaired) electrons. The van der Waals surface area contributed by atoms with Crippen molar-refractivity contribution in [3.05, 3.63) is 54.4 Å². The number of hydrogen-bond donors (Lipinski definition) is 1. The van der Waals surface area contributed by atoms with Crippen molar-refractivity contribution in [3.8, 4) is 0 Å². The first kappa shape index (κ1) is 19.4. The first-order chi connectivity index (χ1) is 14.2. The Labute approximate surface area is 172 Å². The Bertz CT molecular complexity index is 968. The number of benzene rings is 1. The minimum absolute atomic E-state index is 0.0178. The summed E-state index contributed by atoms with van der Waals surface area (Å²) < 4.78 is 2.34. The normalized spacial score (nSPS) is 18.0. The van der Waals surface area contributed by atoms with E-state index in [0.29, 0.717) is 19.1 Å². The van der Waals surface area contributed by atoms with E-state index in [4.69, 9.17) is 4.98 Å². The van der Waals surface area contributed by atoms with Crippen molar-refractivity contribution < 1.29 is 4.79 Å². The lowest BCUT2D eigenvalue weighted by molar-refractivity contribution is -0.125. The second kappa shape index (κ2) is 8.64. The lowest BCUT2D eigenvalue weighted by Crippen LogP contribution is -2.44. The molecule has 3 heterocycles. The Hall–Kier alpha value is -2.89. The molecule has 1 aliphatic heterocycles. The lowest BCUT2D eigenvalue weighted by atomic mass is 9.97. The fourth-order valence-electron chi connectivity index (χ4n) is 4.08. The van der Waals surface area contributed by atoms with E-state index in [2.05, 4.69) is 51.8 Å². The molecule has 1 fully saturated rings. The van der Waals surface area contributed by atoms with Crippen molar-refractivity contribution in [2.24, 2.45) is 5.92 Å². The van der Waals surface area contributed by atoms with Gasteiger partial charge in [0.15, 0.2) is 0 Å². The van der Waals surface area contributed by atoms with Crippen LogP contribution in [0.2, 0.25) is 0 Å². The number of imidazole rings is 1. The lowest BCUT2D eigenvalue weighted by Gasteiger charge is -2.34. The predicted molar refractivity (Wildman–Crippen MR) is 116 cm³/mol. The molecular weight excluding hydrogens is 362 g/mol. The molecule has 6 nitrogen and oxygen atoms in total. The molecule has 3 aromatic rings. The quantitative estimate of drug-likeness (QED) is 0.691. The summed E-state index contributed by atoms with van der Waals surface area (Å²) in [6, 6.07) is 12.5. The van der Waals surface area contributed by atoms with Crippen LogP contribution in [0.5, 0.6) is 0 Å². The number of aromatic nitrogens is 3. The van der Waals surface area contributed by atoms with Crippen LogP contribution < -0.4 is 10.2 Å². The van der Waals surface area contributed by atoms with Crippen LogP contribution in [0.1, 0.15) is 44.7 Å². The van der Waals surface area contributed by atoms with Crippen LogP contribution in [-0.4, -0.2) is 33.5 Å². The van der Waals surface area contributed by atoms with E-state index in [0.717, 1.165) is 42.8 Å². The standard InChI is InChI=1S/C23H29N5O/c1-3-17(2)28-21-9-5-4-8-20(21)26-23(28)27-14-6-7-19(16-27)22(29)25-15-18-10-12-24-13-11-18/h4-5,8-13,17,19H,3,6-7,14-16H2,1-2H3,(H,25,29). The molecule has 152 valence electrons. The number of piperidine rings is 1. The summed E-state index contributed by atoms with van der Waals surface area (Å²) in [4.78, 5) is 24.1. The van der Waals surface area contributed by atoms with E-state index in [-0.39, 0.29) is 11.8 Å². The number of rotatable bonds is 6. The van der Waals surface area contributed by atoms with Gasteiger partial charge in [0.2, 0.25) is 11.9 Å². The van der Waals surface area contributed by atoms with E-state index in [9.17, 15) is 4.79 Å². The van der Waals surface area contributed by atoms with Crippen molar-refractivity contribution in [1.29, 1.82) is 0 Å². The predicted octanol–water partition coefficient (Wildman–Crippen LogP) is 3.94. The number of nitrogens with zero attached hydrogens (tertiary/aromatic N) is 4. The molecule has 1 saturated heterocycles. The third kappa shape index (κ3) is 4.11. The van der Waals surface area contributed by atoms with Crippen LogP contribution >= 0.6 is 0 Å². The molecule has 1 aromatic carbocycles. The van der Waals surface area contributed by atoms with Gasteiger partial charge >= 0.3 is 0 Å². The van der Waals surface area contributed by atoms with Gasteiger partial charge in [-0.2, -0.15) is 0 Å². The summed E-state index contributed by atoms with van der Waals surface area (Å²) in [6.45, 7) is 6.63. The van der Waals surface area contributed by atoms with Crippen molar-refractivity contribution in [2.75, 3.05) is 18.0 Å². The van der Waals surface area contributed by atoms with Crippen molar-refractivity contribution >= 4 is 22.9 Å². The van der Waals surface area contributed by atoms with Gasteiger partial charge in [-0.15, -0.1) is 0 Å². The molecule has 2 aromatic heterocycles. The maximum Gasteiger partial charge on any atom is 0.225 e. The zero-order valence-electron chi connectivity index (χ0n) is 17.2. The Kier molecular flexibility index (Phi) is 5.79. The average Bonchev–Trinajstić information content (AvgIpc) is 3.17. The van der Waals surface area contributed by atoms with Crippen LogP contribution in [0.25, 0.3) is 11.0 Å². The largest absolute Gasteiger partial charge is 0.352 e. The van der Waals surface area contributed by atoms with Gasteiger partial charge in [-0.05, 0) is 56.0 Å². The maximum absolute atomic E-state index is 12.8. The number of amides is 1. The first-order valence-corrected chi connectivity index (χ1v) is 10.6. The molecule has 29 heavy (non-hydrogen) atoms. The van der Waals surface area contributed by atoms with Gasteiger partial charge in [0.25, 0.3) is 0 Å². The smallest absolute Gasteiger partial charge is 0.225 e. The first-order valence-electron chi connectivity index (χ1n) is 10.6. The number of para-hydroxylation sites is 2. The highest BCUT2D eigenvalue weighted by molar-refractivity contribution is 5.81. The Morgan fingerprint density at radius 1 is 1.24 bits per heavy atom. The minimum Gasteiger partial charge on any atom is -0.352 e. The molecule has 0 saturated carbocycles. The van der Waals surface area contributed by atoms with E-state index >= 15 is 0 Å². The van der Waals surface area contributed by atoms with Gasteiger partial charge in [0, 0.05) is 38.1 Å². The van der Waals surface area contributed by atoms with E-state index in [1.165, 1.54) is 5.52 Å². The molecule has 1 amide bonds. The van der Waals surface area contributed by atoms with E-state index < -0.39 is 0 Å². The van der Waals surface area contributed by atoms with Gasteiger partial charge in [-0.25, -0.2) is 4.98 Å². The number of carbonyl (C=O) groups is 1. The monoisotopic (exact) mass is 391 g/mol. The summed E-state index contributed by atoms with van der Waals surface area (Å²) in [6.07, 6.45) is 6.46. The van der Waals surface area contributed by atoms with Crippen LogP contribution in [0.15, 0.2) is 48.8 Å². The van der Waals surface area contributed by atoms with Gasteiger partial charge in [0.05, 0.1) is 17.0 Å². The number of carbonyl (C=O) groups excluding carboxylic acids is 1. The fraction of sp³-hybridized carbons (Fsp3) is 0.435.